The standard InChI is InChI=1S/C14H17N3O2/c1-19-10-13(14(18)8-4-5-9-14)17-12-7-3-2-6-11(12)15-16-17/h2-3,6-7,10,18H,4-5,8-9H2,1H3/b13-10-. The molecule has 1 fully saturated rings. The minimum atomic E-state index is -0.869. The van der Waals surface area contributed by atoms with E-state index in [-0.39, 0.29) is 0 Å². The second-order valence-electron chi connectivity index (χ2n) is 4.97. The minimum absolute atomic E-state index is 0.668. The molecule has 1 heterocycles. The molecule has 2 aromatic rings. The summed E-state index contributed by atoms with van der Waals surface area (Å²) in [6.45, 7) is 0. The lowest BCUT2D eigenvalue weighted by molar-refractivity contribution is 0.100. The first kappa shape index (κ1) is 12.2. The van der Waals surface area contributed by atoms with Crippen LogP contribution in [0, 0.1) is 0 Å². The Kier molecular flexibility index (Phi) is 2.98. The number of fused-ring (bicyclic) bond motifs is 1. The van der Waals surface area contributed by atoms with E-state index < -0.39 is 5.60 Å². The number of hydrogen-bond acceptors (Lipinski definition) is 4. The molecular formula is C14H17N3O2. The normalized spacial score (nSPS) is 18.9. The first-order valence-corrected chi connectivity index (χ1v) is 6.51. The number of hydrogen-bond donors (Lipinski definition) is 1. The highest BCUT2D eigenvalue weighted by molar-refractivity contribution is 5.78. The van der Waals surface area contributed by atoms with Crippen molar-refractivity contribution in [2.24, 2.45) is 0 Å². The summed E-state index contributed by atoms with van der Waals surface area (Å²) >= 11 is 0. The number of aromatic nitrogens is 3. The zero-order chi connectivity index (χ0) is 13.3. The summed E-state index contributed by atoms with van der Waals surface area (Å²) in [6, 6.07) is 7.70. The van der Waals surface area contributed by atoms with E-state index in [0.29, 0.717) is 5.70 Å². The molecule has 1 aliphatic rings. The average Bonchev–Trinajstić information content (AvgIpc) is 3.03. The summed E-state index contributed by atoms with van der Waals surface area (Å²) in [5, 5.41) is 19.1. The number of methoxy groups -OCH3 is 1. The smallest absolute Gasteiger partial charge is 0.113 e. The molecule has 0 spiro atoms. The SMILES string of the molecule is CO/C=C(\n1nnc2ccccc21)C1(O)CCCC1. The van der Waals surface area contributed by atoms with Gasteiger partial charge in [0, 0.05) is 0 Å². The van der Waals surface area contributed by atoms with Gasteiger partial charge in [0.15, 0.2) is 0 Å². The zero-order valence-electron chi connectivity index (χ0n) is 10.9. The third kappa shape index (κ3) is 2.00. The Labute approximate surface area is 111 Å². The maximum absolute atomic E-state index is 10.8. The lowest BCUT2D eigenvalue weighted by Crippen LogP contribution is -2.30. The molecule has 5 heteroatoms. The highest BCUT2D eigenvalue weighted by Gasteiger charge is 2.37. The van der Waals surface area contributed by atoms with E-state index >= 15 is 0 Å². The summed E-state index contributed by atoms with van der Waals surface area (Å²) < 4.78 is 6.83. The van der Waals surface area contributed by atoms with Crippen molar-refractivity contribution in [3.63, 3.8) is 0 Å². The molecule has 3 rings (SSSR count). The Morgan fingerprint density at radius 1 is 1.37 bits per heavy atom. The topological polar surface area (TPSA) is 60.2 Å². The molecule has 1 aromatic heterocycles. The third-order valence-corrected chi connectivity index (χ3v) is 3.72. The molecule has 0 radical (unpaired) electrons. The van der Waals surface area contributed by atoms with Crippen molar-refractivity contribution in [1.82, 2.24) is 15.0 Å². The molecule has 100 valence electrons. The van der Waals surface area contributed by atoms with E-state index in [2.05, 4.69) is 10.3 Å². The number of aliphatic hydroxyl groups is 1. The second kappa shape index (κ2) is 4.66. The van der Waals surface area contributed by atoms with Crippen molar-refractivity contribution in [2.45, 2.75) is 31.3 Å². The van der Waals surface area contributed by atoms with Crippen molar-refractivity contribution in [2.75, 3.05) is 7.11 Å². The number of benzene rings is 1. The predicted octanol–water partition coefficient (Wildman–Crippen LogP) is 2.18. The second-order valence-corrected chi connectivity index (χ2v) is 4.97. The van der Waals surface area contributed by atoms with Crippen LogP contribution in [-0.4, -0.2) is 32.8 Å². The Hall–Kier alpha value is -1.88. The minimum Gasteiger partial charge on any atom is -0.502 e. The van der Waals surface area contributed by atoms with Gasteiger partial charge in [-0.05, 0) is 25.0 Å². The monoisotopic (exact) mass is 259 g/mol. The van der Waals surface area contributed by atoms with Gasteiger partial charge in [0.05, 0.1) is 12.6 Å². The van der Waals surface area contributed by atoms with Gasteiger partial charge in [-0.25, -0.2) is 4.68 Å². The maximum Gasteiger partial charge on any atom is 0.113 e. The summed E-state index contributed by atoms with van der Waals surface area (Å²) in [5.74, 6) is 0. The molecule has 0 unspecified atom stereocenters. The molecule has 0 bridgehead atoms. The van der Waals surface area contributed by atoms with Gasteiger partial charge in [-0.2, -0.15) is 0 Å². The number of ether oxygens (including phenoxy) is 1. The van der Waals surface area contributed by atoms with Gasteiger partial charge in [0.25, 0.3) is 0 Å². The molecule has 1 saturated carbocycles. The van der Waals surface area contributed by atoms with Gasteiger partial charge in [-0.3, -0.25) is 0 Å². The van der Waals surface area contributed by atoms with Crippen LogP contribution in [0.5, 0.6) is 0 Å². The van der Waals surface area contributed by atoms with Crippen molar-refractivity contribution in [3.05, 3.63) is 30.5 Å². The van der Waals surface area contributed by atoms with Crippen LogP contribution in [0.2, 0.25) is 0 Å². The molecule has 1 aliphatic carbocycles. The Morgan fingerprint density at radius 2 is 2.11 bits per heavy atom. The fourth-order valence-electron chi connectivity index (χ4n) is 2.73. The van der Waals surface area contributed by atoms with Gasteiger partial charge >= 0.3 is 0 Å². The molecule has 1 N–H and O–H groups in total. The van der Waals surface area contributed by atoms with Gasteiger partial charge in [-0.1, -0.05) is 30.2 Å². The van der Waals surface area contributed by atoms with Crippen molar-refractivity contribution in [1.29, 1.82) is 0 Å². The first-order chi connectivity index (χ1) is 9.24. The van der Waals surface area contributed by atoms with Gasteiger partial charge in [0.2, 0.25) is 0 Å². The van der Waals surface area contributed by atoms with E-state index in [1.54, 1.807) is 18.1 Å². The average molecular weight is 259 g/mol. The first-order valence-electron chi connectivity index (χ1n) is 6.51. The largest absolute Gasteiger partial charge is 0.502 e. The number of para-hydroxylation sites is 1. The lowest BCUT2D eigenvalue weighted by atomic mass is 9.98. The van der Waals surface area contributed by atoms with Crippen molar-refractivity contribution >= 4 is 16.7 Å². The van der Waals surface area contributed by atoms with Crippen LogP contribution in [0.25, 0.3) is 16.7 Å². The molecule has 0 saturated heterocycles. The lowest BCUT2D eigenvalue weighted by Gasteiger charge is -2.25. The molecule has 0 amide bonds. The summed E-state index contributed by atoms with van der Waals surface area (Å²) in [4.78, 5) is 0. The van der Waals surface area contributed by atoms with E-state index in [4.69, 9.17) is 4.74 Å². The van der Waals surface area contributed by atoms with Gasteiger partial charge < -0.3 is 9.84 Å². The van der Waals surface area contributed by atoms with E-state index in [0.717, 1.165) is 36.7 Å². The van der Waals surface area contributed by atoms with E-state index in [9.17, 15) is 5.11 Å². The van der Waals surface area contributed by atoms with Crippen LogP contribution in [0.3, 0.4) is 0 Å². The van der Waals surface area contributed by atoms with Crippen LogP contribution in [0.4, 0.5) is 0 Å². The van der Waals surface area contributed by atoms with Crippen LogP contribution in [0.15, 0.2) is 30.5 Å². The quantitative estimate of drug-likeness (QED) is 0.858. The van der Waals surface area contributed by atoms with Crippen LogP contribution >= 0.6 is 0 Å². The number of nitrogens with zero attached hydrogens (tertiary/aromatic N) is 3. The van der Waals surface area contributed by atoms with Crippen LogP contribution in [0.1, 0.15) is 25.7 Å². The molecule has 19 heavy (non-hydrogen) atoms. The molecule has 0 atom stereocenters. The molecule has 0 aliphatic heterocycles. The summed E-state index contributed by atoms with van der Waals surface area (Å²) in [7, 11) is 1.58. The predicted molar refractivity (Wildman–Crippen MR) is 72.2 cm³/mol. The summed E-state index contributed by atoms with van der Waals surface area (Å²) in [6.07, 6.45) is 5.08. The van der Waals surface area contributed by atoms with E-state index in [1.807, 2.05) is 24.3 Å². The Bertz CT molecular complexity index is 612. The van der Waals surface area contributed by atoms with Crippen LogP contribution in [-0.2, 0) is 4.74 Å². The molecule has 5 nitrogen and oxygen atoms in total. The fraction of sp³-hybridized carbons (Fsp3) is 0.429. The highest BCUT2D eigenvalue weighted by Crippen LogP contribution is 2.38. The van der Waals surface area contributed by atoms with E-state index in [1.165, 1.54) is 0 Å². The Balaban J connectivity index is 2.13. The third-order valence-electron chi connectivity index (χ3n) is 3.72. The Morgan fingerprint density at radius 3 is 2.84 bits per heavy atom. The van der Waals surface area contributed by atoms with Gasteiger partial charge in [-0.15, -0.1) is 5.10 Å². The van der Waals surface area contributed by atoms with Crippen LogP contribution < -0.4 is 0 Å². The number of rotatable bonds is 3. The van der Waals surface area contributed by atoms with Gasteiger partial charge in [0.1, 0.15) is 23.1 Å². The molecular weight excluding hydrogens is 242 g/mol. The highest BCUT2D eigenvalue weighted by atomic mass is 16.5. The maximum atomic E-state index is 10.8. The summed E-state index contributed by atoms with van der Waals surface area (Å²) in [5.41, 5.74) is 1.49. The van der Waals surface area contributed by atoms with Crippen molar-refractivity contribution < 1.29 is 9.84 Å². The fourth-order valence-corrected chi connectivity index (χ4v) is 2.73. The zero-order valence-corrected chi connectivity index (χ0v) is 10.9. The molecule has 1 aromatic carbocycles. The van der Waals surface area contributed by atoms with Crippen molar-refractivity contribution in [3.8, 4) is 0 Å².